The van der Waals surface area contributed by atoms with Gasteiger partial charge in [0.2, 0.25) is 0 Å². The number of benzene rings is 1. The second-order valence-corrected chi connectivity index (χ2v) is 4.53. The van der Waals surface area contributed by atoms with E-state index in [0.717, 1.165) is 17.0 Å². The number of hydrogen-bond donors (Lipinski definition) is 1. The zero-order chi connectivity index (χ0) is 13.8. The van der Waals surface area contributed by atoms with E-state index in [1.54, 1.807) is 6.07 Å². The van der Waals surface area contributed by atoms with Gasteiger partial charge in [-0.05, 0) is 32.0 Å². The molecule has 0 saturated carbocycles. The predicted molar refractivity (Wildman–Crippen MR) is 72.3 cm³/mol. The van der Waals surface area contributed by atoms with Gasteiger partial charge in [-0.3, -0.25) is 4.98 Å². The molecule has 0 saturated heterocycles. The molecule has 4 heteroatoms. The molecule has 1 aromatic carbocycles. The van der Waals surface area contributed by atoms with E-state index in [4.69, 9.17) is 10.5 Å². The molecule has 0 fully saturated rings. The van der Waals surface area contributed by atoms with Gasteiger partial charge in [0.25, 0.3) is 0 Å². The maximum atomic E-state index is 13.3. The molecule has 0 radical (unpaired) electrons. The van der Waals surface area contributed by atoms with Gasteiger partial charge in [-0.1, -0.05) is 12.1 Å². The number of rotatable bonds is 4. The Bertz CT molecular complexity index is 570. The monoisotopic (exact) mass is 260 g/mol. The maximum absolute atomic E-state index is 13.3. The van der Waals surface area contributed by atoms with Crippen LogP contribution in [0.25, 0.3) is 0 Å². The van der Waals surface area contributed by atoms with Gasteiger partial charge in [-0.2, -0.15) is 0 Å². The van der Waals surface area contributed by atoms with Crippen LogP contribution in [-0.4, -0.2) is 4.98 Å². The fraction of sp³-hybridized carbons (Fsp3) is 0.267. The van der Waals surface area contributed by atoms with Gasteiger partial charge in [0, 0.05) is 23.4 Å². The van der Waals surface area contributed by atoms with Crippen LogP contribution >= 0.6 is 0 Å². The van der Waals surface area contributed by atoms with Crippen molar-refractivity contribution in [2.45, 2.75) is 26.5 Å². The highest BCUT2D eigenvalue weighted by Crippen LogP contribution is 2.25. The molecule has 0 bridgehead atoms. The first-order chi connectivity index (χ1) is 9.06. The fourth-order valence-corrected chi connectivity index (χ4v) is 1.84. The molecule has 2 N–H and O–H groups in total. The number of halogens is 1. The quantitative estimate of drug-likeness (QED) is 0.918. The van der Waals surface area contributed by atoms with Gasteiger partial charge in [0.1, 0.15) is 18.2 Å². The van der Waals surface area contributed by atoms with Gasteiger partial charge in [0.05, 0.1) is 5.69 Å². The highest BCUT2D eigenvalue weighted by atomic mass is 19.1. The van der Waals surface area contributed by atoms with Gasteiger partial charge in [-0.25, -0.2) is 4.39 Å². The lowest BCUT2D eigenvalue weighted by Gasteiger charge is -2.14. The first-order valence-electron chi connectivity index (χ1n) is 6.16. The van der Waals surface area contributed by atoms with Crippen LogP contribution in [0.2, 0.25) is 0 Å². The molecule has 2 aromatic rings. The molecular weight excluding hydrogens is 243 g/mol. The van der Waals surface area contributed by atoms with Crippen LogP contribution in [0.1, 0.15) is 29.9 Å². The SMILES string of the molecule is Cc1cccc(COc2cc(F)ccc2[C@@H](C)N)n1. The van der Waals surface area contributed by atoms with Crippen molar-refractivity contribution in [2.24, 2.45) is 5.73 Å². The van der Waals surface area contributed by atoms with Crippen LogP contribution in [0.15, 0.2) is 36.4 Å². The van der Waals surface area contributed by atoms with Crippen molar-refractivity contribution >= 4 is 0 Å². The first-order valence-corrected chi connectivity index (χ1v) is 6.16. The Kier molecular flexibility index (Phi) is 4.12. The highest BCUT2D eigenvalue weighted by molar-refractivity contribution is 5.36. The van der Waals surface area contributed by atoms with E-state index in [0.29, 0.717) is 12.4 Å². The molecule has 0 spiro atoms. The Morgan fingerprint density at radius 2 is 2.11 bits per heavy atom. The Balaban J connectivity index is 2.17. The lowest BCUT2D eigenvalue weighted by Crippen LogP contribution is -2.09. The van der Waals surface area contributed by atoms with E-state index in [9.17, 15) is 4.39 Å². The maximum Gasteiger partial charge on any atom is 0.130 e. The summed E-state index contributed by atoms with van der Waals surface area (Å²) in [5.74, 6) is 0.134. The summed E-state index contributed by atoms with van der Waals surface area (Å²) in [6.45, 7) is 4.05. The van der Waals surface area contributed by atoms with Gasteiger partial charge < -0.3 is 10.5 Å². The third-order valence-electron chi connectivity index (χ3n) is 2.79. The van der Waals surface area contributed by atoms with Crippen LogP contribution in [0.3, 0.4) is 0 Å². The number of aryl methyl sites for hydroxylation is 1. The number of nitrogens with zero attached hydrogens (tertiary/aromatic N) is 1. The van der Waals surface area contributed by atoms with E-state index >= 15 is 0 Å². The summed E-state index contributed by atoms with van der Waals surface area (Å²) in [6, 6.07) is 9.89. The van der Waals surface area contributed by atoms with Gasteiger partial charge in [-0.15, -0.1) is 0 Å². The van der Waals surface area contributed by atoms with Gasteiger partial charge in [0.15, 0.2) is 0 Å². The summed E-state index contributed by atoms with van der Waals surface area (Å²) >= 11 is 0. The summed E-state index contributed by atoms with van der Waals surface area (Å²) < 4.78 is 18.9. The molecular formula is C15H17FN2O. The summed E-state index contributed by atoms with van der Waals surface area (Å²) in [5, 5.41) is 0. The normalized spacial score (nSPS) is 12.2. The van der Waals surface area contributed by atoms with Crippen molar-refractivity contribution in [2.75, 3.05) is 0 Å². The van der Waals surface area contributed by atoms with Crippen molar-refractivity contribution in [3.05, 3.63) is 59.2 Å². The summed E-state index contributed by atoms with van der Waals surface area (Å²) in [6.07, 6.45) is 0. The molecule has 3 nitrogen and oxygen atoms in total. The molecule has 0 amide bonds. The predicted octanol–water partition coefficient (Wildman–Crippen LogP) is 3.13. The molecule has 100 valence electrons. The van der Waals surface area contributed by atoms with Crippen LogP contribution in [-0.2, 0) is 6.61 Å². The van der Waals surface area contributed by atoms with Crippen LogP contribution in [0.5, 0.6) is 5.75 Å². The third kappa shape index (κ3) is 3.51. The standard InChI is InChI=1S/C15H17FN2O/c1-10-4-3-5-13(18-10)9-19-15-8-12(16)6-7-14(15)11(2)17/h3-8,11H,9,17H2,1-2H3/t11-/m1/s1. The van der Waals surface area contributed by atoms with E-state index in [1.165, 1.54) is 12.1 Å². The van der Waals surface area contributed by atoms with Gasteiger partial charge >= 0.3 is 0 Å². The minimum atomic E-state index is -0.336. The van der Waals surface area contributed by atoms with Crippen molar-refractivity contribution in [3.63, 3.8) is 0 Å². The topological polar surface area (TPSA) is 48.1 Å². The molecule has 0 unspecified atom stereocenters. The summed E-state index contributed by atoms with van der Waals surface area (Å²) in [4.78, 5) is 4.34. The second kappa shape index (κ2) is 5.80. The first kappa shape index (κ1) is 13.5. The van der Waals surface area contributed by atoms with Crippen molar-refractivity contribution in [1.82, 2.24) is 4.98 Å². The van der Waals surface area contributed by atoms with Crippen LogP contribution < -0.4 is 10.5 Å². The van der Waals surface area contributed by atoms with Crippen molar-refractivity contribution in [1.29, 1.82) is 0 Å². The molecule has 19 heavy (non-hydrogen) atoms. The Morgan fingerprint density at radius 1 is 1.32 bits per heavy atom. The number of ether oxygens (including phenoxy) is 1. The lowest BCUT2D eigenvalue weighted by atomic mass is 10.1. The fourth-order valence-electron chi connectivity index (χ4n) is 1.84. The Labute approximate surface area is 112 Å². The van der Waals surface area contributed by atoms with Crippen molar-refractivity contribution < 1.29 is 9.13 Å². The zero-order valence-corrected chi connectivity index (χ0v) is 11.1. The summed E-state index contributed by atoms with van der Waals surface area (Å²) in [7, 11) is 0. The average Bonchev–Trinajstić information content (AvgIpc) is 2.36. The molecule has 0 aliphatic rings. The molecule has 1 atom stereocenters. The molecule has 1 aromatic heterocycles. The van der Waals surface area contributed by atoms with Crippen molar-refractivity contribution in [3.8, 4) is 5.75 Å². The molecule has 0 aliphatic carbocycles. The number of hydrogen-bond acceptors (Lipinski definition) is 3. The highest BCUT2D eigenvalue weighted by Gasteiger charge is 2.10. The average molecular weight is 260 g/mol. The Hall–Kier alpha value is -1.94. The lowest BCUT2D eigenvalue weighted by molar-refractivity contribution is 0.295. The van der Waals surface area contributed by atoms with E-state index in [1.807, 2.05) is 32.0 Å². The minimum Gasteiger partial charge on any atom is -0.487 e. The number of pyridine rings is 1. The van der Waals surface area contributed by atoms with E-state index in [2.05, 4.69) is 4.98 Å². The van der Waals surface area contributed by atoms with E-state index < -0.39 is 0 Å². The minimum absolute atomic E-state index is 0.207. The largest absolute Gasteiger partial charge is 0.487 e. The summed E-state index contributed by atoms with van der Waals surface area (Å²) in [5.41, 5.74) is 8.36. The molecule has 1 heterocycles. The van der Waals surface area contributed by atoms with Crippen LogP contribution in [0.4, 0.5) is 4.39 Å². The smallest absolute Gasteiger partial charge is 0.130 e. The number of aromatic nitrogens is 1. The molecule has 2 rings (SSSR count). The molecule has 0 aliphatic heterocycles. The second-order valence-electron chi connectivity index (χ2n) is 4.53. The third-order valence-corrected chi connectivity index (χ3v) is 2.79. The number of nitrogens with two attached hydrogens (primary N) is 1. The zero-order valence-electron chi connectivity index (χ0n) is 11.1. The van der Waals surface area contributed by atoms with Crippen LogP contribution in [0, 0.1) is 12.7 Å². The Morgan fingerprint density at radius 3 is 2.79 bits per heavy atom. The van der Waals surface area contributed by atoms with E-state index in [-0.39, 0.29) is 11.9 Å².